The summed E-state index contributed by atoms with van der Waals surface area (Å²) in [6, 6.07) is 4.62. The van der Waals surface area contributed by atoms with Gasteiger partial charge in [-0.3, -0.25) is 9.59 Å². The fourth-order valence-corrected chi connectivity index (χ4v) is 3.18. The van der Waals surface area contributed by atoms with Gasteiger partial charge >= 0.3 is 0 Å². The van der Waals surface area contributed by atoms with Gasteiger partial charge in [-0.1, -0.05) is 0 Å². The van der Waals surface area contributed by atoms with Crippen LogP contribution >= 0.6 is 0 Å². The molecule has 0 saturated carbocycles. The summed E-state index contributed by atoms with van der Waals surface area (Å²) in [6.07, 6.45) is 2.80. The van der Waals surface area contributed by atoms with Crippen molar-refractivity contribution in [3.05, 3.63) is 35.8 Å². The quantitative estimate of drug-likeness (QED) is 0.936. The van der Waals surface area contributed by atoms with Gasteiger partial charge in [0.05, 0.1) is 18.0 Å². The van der Waals surface area contributed by atoms with Crippen molar-refractivity contribution < 1.29 is 14.0 Å². The Morgan fingerprint density at radius 1 is 1.41 bits per heavy atom. The molecule has 0 aliphatic carbocycles. The van der Waals surface area contributed by atoms with E-state index in [1.165, 1.54) is 12.1 Å². The maximum absolute atomic E-state index is 13.6. The number of halogens is 1. The van der Waals surface area contributed by atoms with Crippen molar-refractivity contribution in [2.75, 3.05) is 13.1 Å². The Balaban J connectivity index is 2.03. The summed E-state index contributed by atoms with van der Waals surface area (Å²) in [5.41, 5.74) is 6.83. The molecular formula is C16H18FN3O2. The summed E-state index contributed by atoms with van der Waals surface area (Å²) in [6.45, 7) is 2.85. The van der Waals surface area contributed by atoms with Crippen LogP contribution in [0.1, 0.15) is 24.9 Å². The highest BCUT2D eigenvalue weighted by Crippen LogP contribution is 2.30. The first kappa shape index (κ1) is 14.6. The van der Waals surface area contributed by atoms with Crippen LogP contribution in [0.25, 0.3) is 10.9 Å². The Morgan fingerprint density at radius 2 is 2.18 bits per heavy atom. The van der Waals surface area contributed by atoms with Gasteiger partial charge in [-0.05, 0) is 30.2 Å². The average Bonchev–Trinajstić information content (AvgIpc) is 3.03. The molecule has 116 valence electrons. The lowest BCUT2D eigenvalue weighted by Crippen LogP contribution is -2.26. The highest BCUT2D eigenvalue weighted by Gasteiger charge is 2.27. The number of carbonyl (C=O) groups is 2. The van der Waals surface area contributed by atoms with Crippen LogP contribution in [-0.2, 0) is 16.0 Å². The van der Waals surface area contributed by atoms with E-state index in [0.29, 0.717) is 13.1 Å². The van der Waals surface area contributed by atoms with Crippen molar-refractivity contribution in [2.24, 2.45) is 5.73 Å². The van der Waals surface area contributed by atoms with E-state index in [1.54, 1.807) is 17.9 Å². The van der Waals surface area contributed by atoms with E-state index in [4.69, 9.17) is 5.73 Å². The number of hydrogen-bond donors (Lipinski definition) is 1. The Labute approximate surface area is 127 Å². The molecule has 1 aromatic heterocycles. The average molecular weight is 303 g/mol. The second-order valence-electron chi connectivity index (χ2n) is 5.77. The molecule has 2 heterocycles. The number of amides is 2. The summed E-state index contributed by atoms with van der Waals surface area (Å²) in [5.74, 6) is -0.693. The number of benzene rings is 1. The molecule has 1 aliphatic rings. The number of likely N-dealkylation sites (tertiary alicyclic amines) is 1. The largest absolute Gasteiger partial charge is 0.369 e. The predicted molar refractivity (Wildman–Crippen MR) is 80.7 cm³/mol. The first-order chi connectivity index (χ1) is 10.5. The zero-order chi connectivity index (χ0) is 15.9. The number of rotatable bonds is 3. The van der Waals surface area contributed by atoms with Crippen molar-refractivity contribution in [3.8, 4) is 0 Å². The Bertz CT molecular complexity index is 753. The summed E-state index contributed by atoms with van der Waals surface area (Å²) >= 11 is 0. The number of nitrogens with two attached hydrogens (primary N) is 1. The molecule has 0 radical (unpaired) electrons. The Kier molecular flexibility index (Phi) is 3.60. The van der Waals surface area contributed by atoms with Crippen LogP contribution in [0.3, 0.4) is 0 Å². The van der Waals surface area contributed by atoms with Crippen molar-refractivity contribution in [3.63, 3.8) is 0 Å². The van der Waals surface area contributed by atoms with Crippen LogP contribution in [0.2, 0.25) is 0 Å². The zero-order valence-electron chi connectivity index (χ0n) is 12.4. The number of nitrogens with zero attached hydrogens (tertiary/aromatic N) is 2. The van der Waals surface area contributed by atoms with Gasteiger partial charge in [-0.2, -0.15) is 0 Å². The van der Waals surface area contributed by atoms with Gasteiger partial charge < -0.3 is 15.2 Å². The minimum atomic E-state index is -0.417. The van der Waals surface area contributed by atoms with Crippen LogP contribution in [0.4, 0.5) is 4.39 Å². The molecular weight excluding hydrogens is 285 g/mol. The summed E-state index contributed by atoms with van der Waals surface area (Å²) < 4.78 is 15.6. The van der Waals surface area contributed by atoms with Gasteiger partial charge in [-0.15, -0.1) is 0 Å². The van der Waals surface area contributed by atoms with Crippen molar-refractivity contribution in [1.82, 2.24) is 9.47 Å². The Hall–Kier alpha value is -2.37. The highest BCUT2D eigenvalue weighted by atomic mass is 19.1. The molecule has 3 rings (SSSR count). The third-order valence-corrected chi connectivity index (χ3v) is 4.25. The Morgan fingerprint density at radius 3 is 2.82 bits per heavy atom. The second-order valence-corrected chi connectivity index (χ2v) is 5.77. The first-order valence-electron chi connectivity index (χ1n) is 7.28. The smallest absolute Gasteiger partial charge is 0.221 e. The van der Waals surface area contributed by atoms with Gasteiger partial charge in [0.25, 0.3) is 0 Å². The molecule has 1 saturated heterocycles. The highest BCUT2D eigenvalue weighted by molar-refractivity contribution is 5.89. The number of fused-ring (bicyclic) bond motifs is 1. The number of hydrogen-bond acceptors (Lipinski definition) is 2. The maximum Gasteiger partial charge on any atom is 0.221 e. The second kappa shape index (κ2) is 5.44. The van der Waals surface area contributed by atoms with E-state index in [0.717, 1.165) is 22.9 Å². The van der Waals surface area contributed by atoms with Crippen molar-refractivity contribution in [1.29, 1.82) is 0 Å². The van der Waals surface area contributed by atoms with E-state index < -0.39 is 5.91 Å². The number of aromatic nitrogens is 1. The molecule has 2 N–H and O–H groups in total. The van der Waals surface area contributed by atoms with Crippen LogP contribution in [0, 0.1) is 5.82 Å². The van der Waals surface area contributed by atoms with Crippen molar-refractivity contribution >= 4 is 22.7 Å². The molecule has 2 aromatic rings. The molecule has 1 aromatic carbocycles. The van der Waals surface area contributed by atoms with E-state index in [9.17, 15) is 14.0 Å². The van der Waals surface area contributed by atoms with Crippen LogP contribution in [0.15, 0.2) is 24.4 Å². The minimum Gasteiger partial charge on any atom is -0.369 e. The van der Waals surface area contributed by atoms with Crippen LogP contribution < -0.4 is 5.73 Å². The fourth-order valence-electron chi connectivity index (χ4n) is 3.18. The predicted octanol–water partition coefficient (Wildman–Crippen LogP) is 1.60. The molecule has 1 unspecified atom stereocenters. The van der Waals surface area contributed by atoms with Gasteiger partial charge in [0, 0.05) is 31.6 Å². The number of carbonyl (C=O) groups excluding carboxylic acids is 2. The topological polar surface area (TPSA) is 68.3 Å². The number of primary amides is 1. The molecule has 22 heavy (non-hydrogen) atoms. The SMILES string of the molecule is CC(=O)N1CCC(n2cc(CC(N)=O)c3ccc(F)cc32)C1. The van der Waals surface area contributed by atoms with E-state index in [1.807, 2.05) is 10.8 Å². The van der Waals surface area contributed by atoms with Crippen molar-refractivity contribution in [2.45, 2.75) is 25.8 Å². The summed E-state index contributed by atoms with van der Waals surface area (Å²) in [5, 5.41) is 0.835. The lowest BCUT2D eigenvalue weighted by atomic mass is 10.1. The molecule has 1 aliphatic heterocycles. The van der Waals surface area contributed by atoms with E-state index >= 15 is 0 Å². The molecule has 1 atom stereocenters. The molecule has 5 nitrogen and oxygen atoms in total. The monoisotopic (exact) mass is 303 g/mol. The van der Waals surface area contributed by atoms with Gasteiger partial charge in [-0.25, -0.2) is 4.39 Å². The molecule has 6 heteroatoms. The summed E-state index contributed by atoms with van der Waals surface area (Å²) in [7, 11) is 0. The standard InChI is InChI=1S/C16H18FN3O2/c1-10(21)19-5-4-13(9-19)20-8-11(6-16(18)22)14-3-2-12(17)7-15(14)20/h2-3,7-8,13H,4-6,9H2,1H3,(H2,18,22). The molecule has 0 spiro atoms. The van der Waals surface area contributed by atoms with Crippen LogP contribution in [0.5, 0.6) is 0 Å². The van der Waals surface area contributed by atoms with Gasteiger partial charge in [0.2, 0.25) is 11.8 Å². The molecule has 2 amide bonds. The van der Waals surface area contributed by atoms with Gasteiger partial charge in [0.15, 0.2) is 0 Å². The van der Waals surface area contributed by atoms with E-state index in [-0.39, 0.29) is 24.2 Å². The fraction of sp³-hybridized carbons (Fsp3) is 0.375. The normalized spacial score (nSPS) is 18.1. The third kappa shape index (κ3) is 2.56. The molecule has 0 bridgehead atoms. The summed E-state index contributed by atoms with van der Waals surface area (Å²) in [4.78, 5) is 24.5. The third-order valence-electron chi connectivity index (χ3n) is 4.25. The zero-order valence-corrected chi connectivity index (χ0v) is 12.4. The maximum atomic E-state index is 13.6. The molecule has 1 fully saturated rings. The van der Waals surface area contributed by atoms with Crippen LogP contribution in [-0.4, -0.2) is 34.4 Å². The van der Waals surface area contributed by atoms with Gasteiger partial charge in [0.1, 0.15) is 5.82 Å². The van der Waals surface area contributed by atoms with E-state index in [2.05, 4.69) is 0 Å². The lowest BCUT2D eigenvalue weighted by molar-refractivity contribution is -0.127. The first-order valence-corrected chi connectivity index (χ1v) is 7.28. The minimum absolute atomic E-state index is 0.0440. The lowest BCUT2D eigenvalue weighted by Gasteiger charge is -2.16.